The van der Waals surface area contributed by atoms with Gasteiger partial charge in [-0.25, -0.2) is 4.79 Å². The zero-order valence-electron chi connectivity index (χ0n) is 21.3. The number of halogens is 1. The lowest BCUT2D eigenvalue weighted by Crippen LogP contribution is -2.34. The van der Waals surface area contributed by atoms with Crippen LogP contribution in [0.5, 0.6) is 0 Å². The minimum absolute atomic E-state index is 0.382. The molecule has 3 aromatic carbocycles. The molecule has 0 aromatic heterocycles. The molecule has 4 rings (SSSR count). The predicted molar refractivity (Wildman–Crippen MR) is 151 cm³/mol. The molecular formula is C30H34ClNO4S. The zero-order valence-corrected chi connectivity index (χ0v) is 22.9. The topological polar surface area (TPSA) is 75.6 Å². The summed E-state index contributed by atoms with van der Waals surface area (Å²) in [6.45, 7) is 4.03. The summed E-state index contributed by atoms with van der Waals surface area (Å²) >= 11 is 7.24. The van der Waals surface area contributed by atoms with Crippen molar-refractivity contribution in [3.63, 3.8) is 0 Å². The summed E-state index contributed by atoms with van der Waals surface area (Å²) < 4.78 is 8.73. The molecule has 0 radical (unpaired) electrons. The van der Waals surface area contributed by atoms with E-state index in [2.05, 4.69) is 4.72 Å². The minimum Gasteiger partial charge on any atom is -0.480 e. The van der Waals surface area contributed by atoms with E-state index in [0.717, 1.165) is 59.5 Å². The third kappa shape index (κ3) is 6.99. The van der Waals surface area contributed by atoms with Gasteiger partial charge >= 0.3 is 12.1 Å². The standard InChI is InChI=1S/C30H34ClNO4S/c1-30(2,24-13-8-14-25(31)19-24)27(23-16-15-21-11-6-7-12-22(21)18-23)36-29(35)32-37-26(28(33)34)17-20-9-4-3-5-10-20/h6-8,11-16,18-20,26-27H,3-5,9-10,17H2,1-2H3,(H,32,35)(H,33,34)/t26-,27?/m0/s1. The second kappa shape index (κ2) is 12.2. The van der Waals surface area contributed by atoms with Crippen LogP contribution in [0.1, 0.15) is 69.6 Å². The first-order chi connectivity index (χ1) is 17.7. The van der Waals surface area contributed by atoms with Crippen molar-refractivity contribution >= 4 is 46.4 Å². The van der Waals surface area contributed by atoms with Crippen molar-refractivity contribution in [2.24, 2.45) is 5.92 Å². The number of nitrogens with one attached hydrogen (secondary N) is 1. The third-order valence-electron chi connectivity index (χ3n) is 7.36. The number of fused-ring (bicyclic) bond motifs is 1. The van der Waals surface area contributed by atoms with E-state index in [1.165, 1.54) is 6.42 Å². The molecule has 0 bridgehead atoms. The number of rotatable bonds is 9. The average molecular weight is 540 g/mol. The van der Waals surface area contributed by atoms with Crippen molar-refractivity contribution in [3.8, 4) is 0 Å². The fourth-order valence-electron chi connectivity index (χ4n) is 5.22. The molecule has 1 fully saturated rings. The van der Waals surface area contributed by atoms with E-state index in [-0.39, 0.29) is 0 Å². The Labute approximate surface area is 228 Å². The fourth-order valence-corrected chi connectivity index (χ4v) is 6.16. The Hall–Kier alpha value is -2.70. The van der Waals surface area contributed by atoms with Gasteiger partial charge in [-0.3, -0.25) is 9.52 Å². The molecule has 2 atom stereocenters. The van der Waals surface area contributed by atoms with E-state index >= 15 is 0 Å². The highest BCUT2D eigenvalue weighted by Crippen LogP contribution is 2.41. The van der Waals surface area contributed by atoms with Crippen molar-refractivity contribution in [3.05, 3.63) is 82.9 Å². The summed E-state index contributed by atoms with van der Waals surface area (Å²) in [6.07, 6.45) is 4.84. The number of carbonyl (C=O) groups is 2. The Morgan fingerprint density at radius 2 is 1.76 bits per heavy atom. The van der Waals surface area contributed by atoms with Crippen LogP contribution in [0.3, 0.4) is 0 Å². The second-order valence-corrected chi connectivity index (χ2v) is 11.9. The molecule has 196 valence electrons. The van der Waals surface area contributed by atoms with Gasteiger partial charge in [0.15, 0.2) is 0 Å². The maximum Gasteiger partial charge on any atom is 0.417 e. The summed E-state index contributed by atoms with van der Waals surface area (Å²) in [6, 6.07) is 21.6. The molecular weight excluding hydrogens is 506 g/mol. The maximum atomic E-state index is 13.1. The average Bonchev–Trinajstić information content (AvgIpc) is 2.89. The van der Waals surface area contributed by atoms with Gasteiger partial charge in [0.2, 0.25) is 0 Å². The van der Waals surface area contributed by atoms with Crippen LogP contribution in [-0.2, 0) is 14.9 Å². The Morgan fingerprint density at radius 3 is 2.46 bits per heavy atom. The Balaban J connectivity index is 1.55. The highest BCUT2D eigenvalue weighted by atomic mass is 35.5. The van der Waals surface area contributed by atoms with Gasteiger partial charge in [0.05, 0.1) is 0 Å². The smallest absolute Gasteiger partial charge is 0.417 e. The number of carboxylic acid groups (broad SMARTS) is 1. The number of carboxylic acids is 1. The van der Waals surface area contributed by atoms with Crippen LogP contribution < -0.4 is 4.72 Å². The molecule has 1 saturated carbocycles. The molecule has 1 unspecified atom stereocenters. The van der Waals surface area contributed by atoms with Gasteiger partial charge in [-0.2, -0.15) is 0 Å². The number of hydrogen-bond donors (Lipinski definition) is 2. The zero-order chi connectivity index (χ0) is 26.4. The van der Waals surface area contributed by atoms with Crippen LogP contribution in [0.25, 0.3) is 10.8 Å². The highest BCUT2D eigenvalue weighted by Gasteiger charge is 2.37. The van der Waals surface area contributed by atoms with E-state index < -0.39 is 28.8 Å². The summed E-state index contributed by atoms with van der Waals surface area (Å²) in [5.41, 5.74) is 1.16. The summed E-state index contributed by atoms with van der Waals surface area (Å²) in [5.74, 6) is -0.534. The number of aliphatic carboxylic acids is 1. The van der Waals surface area contributed by atoms with Crippen molar-refractivity contribution in [2.75, 3.05) is 0 Å². The lowest BCUT2D eigenvalue weighted by atomic mass is 9.76. The number of carbonyl (C=O) groups excluding carboxylic acids is 1. The molecule has 0 spiro atoms. The first-order valence-electron chi connectivity index (χ1n) is 12.8. The first kappa shape index (κ1) is 27.3. The van der Waals surface area contributed by atoms with Crippen LogP contribution in [0.4, 0.5) is 4.79 Å². The van der Waals surface area contributed by atoms with Crippen molar-refractivity contribution in [1.82, 2.24) is 4.72 Å². The maximum absolute atomic E-state index is 13.1. The molecule has 2 N–H and O–H groups in total. The molecule has 0 heterocycles. The van der Waals surface area contributed by atoms with Crippen molar-refractivity contribution < 1.29 is 19.4 Å². The molecule has 37 heavy (non-hydrogen) atoms. The Bertz CT molecular complexity index is 1240. The van der Waals surface area contributed by atoms with Gasteiger partial charge in [-0.1, -0.05) is 106 Å². The number of amides is 1. The molecule has 0 saturated heterocycles. The molecule has 3 aromatic rings. The van der Waals surface area contributed by atoms with E-state index in [1.54, 1.807) is 0 Å². The molecule has 0 aliphatic heterocycles. The molecule has 5 nitrogen and oxygen atoms in total. The minimum atomic E-state index is -0.916. The number of ether oxygens (including phenoxy) is 1. The van der Waals surface area contributed by atoms with Gasteiger partial charge < -0.3 is 9.84 Å². The normalized spacial score (nSPS) is 16.2. The lowest BCUT2D eigenvalue weighted by Gasteiger charge is -2.35. The predicted octanol–water partition coefficient (Wildman–Crippen LogP) is 8.31. The summed E-state index contributed by atoms with van der Waals surface area (Å²) in [5, 5.41) is 11.8. The van der Waals surface area contributed by atoms with E-state index in [0.29, 0.717) is 17.4 Å². The van der Waals surface area contributed by atoms with Gasteiger partial charge in [-0.15, -0.1) is 0 Å². The van der Waals surface area contributed by atoms with Crippen LogP contribution >= 0.6 is 23.5 Å². The van der Waals surface area contributed by atoms with Crippen LogP contribution in [0.2, 0.25) is 5.02 Å². The molecule has 1 aliphatic rings. The van der Waals surface area contributed by atoms with Gasteiger partial charge in [0.1, 0.15) is 11.4 Å². The van der Waals surface area contributed by atoms with Crippen molar-refractivity contribution in [1.29, 1.82) is 0 Å². The third-order valence-corrected chi connectivity index (χ3v) is 8.56. The highest BCUT2D eigenvalue weighted by molar-refractivity contribution is 7.99. The first-order valence-corrected chi connectivity index (χ1v) is 14.1. The largest absolute Gasteiger partial charge is 0.480 e. The van der Waals surface area contributed by atoms with Crippen LogP contribution in [-0.4, -0.2) is 22.4 Å². The summed E-state index contributed by atoms with van der Waals surface area (Å²) in [4.78, 5) is 25.0. The second-order valence-electron chi connectivity index (χ2n) is 10.4. The molecule has 7 heteroatoms. The Morgan fingerprint density at radius 1 is 1.03 bits per heavy atom. The van der Waals surface area contributed by atoms with Crippen molar-refractivity contribution in [2.45, 2.75) is 69.1 Å². The summed E-state index contributed by atoms with van der Waals surface area (Å²) in [7, 11) is 0. The van der Waals surface area contributed by atoms with Crippen LogP contribution in [0, 0.1) is 5.92 Å². The van der Waals surface area contributed by atoms with E-state index in [1.807, 2.05) is 80.6 Å². The monoisotopic (exact) mass is 539 g/mol. The molecule has 1 aliphatic carbocycles. The van der Waals surface area contributed by atoms with Crippen LogP contribution in [0.15, 0.2) is 66.7 Å². The Kier molecular flexibility index (Phi) is 9.04. The van der Waals surface area contributed by atoms with Gasteiger partial charge in [0.25, 0.3) is 0 Å². The van der Waals surface area contributed by atoms with E-state index in [9.17, 15) is 14.7 Å². The molecule has 1 amide bonds. The quantitative estimate of drug-likeness (QED) is 0.267. The SMILES string of the molecule is CC(C)(c1cccc(Cl)c1)C(OC(=O)NS[C@@H](CC1CCCCC1)C(=O)O)c1ccc2ccccc2c1. The lowest BCUT2D eigenvalue weighted by molar-refractivity contribution is -0.136. The van der Waals surface area contributed by atoms with Gasteiger partial charge in [-0.05, 0) is 64.4 Å². The van der Waals surface area contributed by atoms with Gasteiger partial charge in [0, 0.05) is 10.4 Å². The van der Waals surface area contributed by atoms with E-state index in [4.69, 9.17) is 16.3 Å². The fraction of sp³-hybridized carbons (Fsp3) is 0.400. The number of benzene rings is 3. The number of hydrogen-bond acceptors (Lipinski definition) is 4.